The molecule has 0 aliphatic carbocycles. The van der Waals surface area contributed by atoms with Gasteiger partial charge in [-0.3, -0.25) is 9.59 Å². The highest BCUT2D eigenvalue weighted by Gasteiger charge is 2.39. The third kappa shape index (κ3) is 3.38. The number of nitrogens with zero attached hydrogens (tertiary/aromatic N) is 1. The summed E-state index contributed by atoms with van der Waals surface area (Å²) in [6, 6.07) is 4.23. The molecule has 0 spiro atoms. The summed E-state index contributed by atoms with van der Waals surface area (Å²) < 4.78 is 13.8. The monoisotopic (exact) mass is 360 g/mol. The number of benzene rings is 1. The number of piperidine rings is 1. The number of aromatic nitrogens is 1. The van der Waals surface area contributed by atoms with E-state index < -0.39 is 16.8 Å². The van der Waals surface area contributed by atoms with Crippen LogP contribution in [0.4, 0.5) is 4.39 Å². The molecule has 1 aliphatic heterocycles. The smallest absolute Gasteiger partial charge is 0.259 e. The predicted molar refractivity (Wildman–Crippen MR) is 98.6 cm³/mol. The number of nitrogens with one attached hydrogen (secondary N) is 1. The summed E-state index contributed by atoms with van der Waals surface area (Å²) in [6.07, 6.45) is 2.56. The molecule has 3 rings (SSSR count). The molecule has 1 aliphatic rings. The van der Waals surface area contributed by atoms with Gasteiger partial charge in [-0.1, -0.05) is 19.9 Å². The van der Waals surface area contributed by atoms with E-state index in [9.17, 15) is 19.1 Å². The van der Waals surface area contributed by atoms with Gasteiger partial charge in [0.1, 0.15) is 11.4 Å². The first kappa shape index (κ1) is 18.6. The number of fused-ring (bicyclic) bond motifs is 1. The number of H-pyrrole nitrogens is 1. The highest BCUT2D eigenvalue weighted by molar-refractivity contribution is 5.97. The lowest BCUT2D eigenvalue weighted by molar-refractivity contribution is -0.0577. The van der Waals surface area contributed by atoms with Crippen molar-refractivity contribution < 1.29 is 14.3 Å². The lowest BCUT2D eigenvalue weighted by atomic mass is 9.78. The summed E-state index contributed by atoms with van der Waals surface area (Å²) in [7, 11) is 0. The normalized spacial score (nSPS) is 23.6. The third-order valence-electron chi connectivity index (χ3n) is 5.35. The van der Waals surface area contributed by atoms with Crippen molar-refractivity contribution in [2.75, 3.05) is 13.1 Å². The molecule has 2 N–H and O–H groups in total. The predicted octanol–water partition coefficient (Wildman–Crippen LogP) is 2.93. The Morgan fingerprint density at radius 1 is 1.46 bits per heavy atom. The van der Waals surface area contributed by atoms with Crippen LogP contribution in [0.25, 0.3) is 10.9 Å². The van der Waals surface area contributed by atoms with Crippen molar-refractivity contribution in [3.05, 3.63) is 46.0 Å². The number of halogens is 1. The molecule has 1 aromatic carbocycles. The maximum absolute atomic E-state index is 13.8. The molecule has 1 amide bonds. The summed E-state index contributed by atoms with van der Waals surface area (Å²) in [5, 5.41) is 10.8. The maximum Gasteiger partial charge on any atom is 0.259 e. The summed E-state index contributed by atoms with van der Waals surface area (Å²) in [6.45, 7) is 6.78. The van der Waals surface area contributed by atoms with Crippen molar-refractivity contribution in [1.29, 1.82) is 0 Å². The molecule has 1 aromatic heterocycles. The van der Waals surface area contributed by atoms with Crippen LogP contribution in [-0.2, 0) is 0 Å². The van der Waals surface area contributed by atoms with Crippen molar-refractivity contribution in [1.82, 2.24) is 9.88 Å². The largest absolute Gasteiger partial charge is 0.390 e. The lowest BCUT2D eigenvalue weighted by Crippen LogP contribution is -2.52. The van der Waals surface area contributed by atoms with Crippen molar-refractivity contribution in [3.63, 3.8) is 0 Å². The van der Waals surface area contributed by atoms with Crippen molar-refractivity contribution in [3.8, 4) is 0 Å². The number of carbonyl (C=O) groups is 1. The number of hydrogen-bond acceptors (Lipinski definition) is 3. The van der Waals surface area contributed by atoms with Crippen LogP contribution in [0, 0.1) is 17.7 Å². The quantitative estimate of drug-likeness (QED) is 0.884. The van der Waals surface area contributed by atoms with E-state index >= 15 is 0 Å². The van der Waals surface area contributed by atoms with Crippen molar-refractivity contribution >= 4 is 16.8 Å². The number of likely N-dealkylation sites (tertiary alicyclic amines) is 1. The van der Waals surface area contributed by atoms with Gasteiger partial charge in [0.05, 0.1) is 11.1 Å². The average Bonchev–Trinajstić information content (AvgIpc) is 2.57. The molecule has 26 heavy (non-hydrogen) atoms. The second-order valence-electron chi connectivity index (χ2n) is 7.88. The first-order valence-corrected chi connectivity index (χ1v) is 9.02. The molecular weight excluding hydrogens is 335 g/mol. The van der Waals surface area contributed by atoms with Gasteiger partial charge in [0.15, 0.2) is 0 Å². The number of aromatic amines is 1. The van der Waals surface area contributed by atoms with Crippen molar-refractivity contribution in [2.45, 2.75) is 39.2 Å². The Hall–Kier alpha value is -2.21. The van der Waals surface area contributed by atoms with Crippen LogP contribution in [0.3, 0.4) is 0 Å². The van der Waals surface area contributed by atoms with E-state index in [4.69, 9.17) is 0 Å². The SMILES string of the molecule is CC(C)C[C@@H]1CN(C(=O)c2c[nH]c3c(F)cccc3c2=O)CC[C@]1(C)O. The van der Waals surface area contributed by atoms with Crippen LogP contribution < -0.4 is 5.43 Å². The maximum atomic E-state index is 13.8. The molecule has 0 unspecified atom stereocenters. The average molecular weight is 360 g/mol. The summed E-state index contributed by atoms with van der Waals surface area (Å²) >= 11 is 0. The van der Waals surface area contributed by atoms with Crippen LogP contribution in [-0.4, -0.2) is 39.6 Å². The Labute approximate surface area is 151 Å². The number of hydrogen-bond donors (Lipinski definition) is 2. The van der Waals surface area contributed by atoms with Gasteiger partial charge >= 0.3 is 0 Å². The molecule has 6 heteroatoms. The molecular formula is C20H25FN2O3. The van der Waals surface area contributed by atoms with Gasteiger partial charge in [0.2, 0.25) is 5.43 Å². The molecule has 2 aromatic rings. The zero-order chi connectivity index (χ0) is 19.1. The fourth-order valence-corrected chi connectivity index (χ4v) is 3.75. The first-order valence-electron chi connectivity index (χ1n) is 9.02. The Bertz CT molecular complexity index is 888. The Morgan fingerprint density at radius 3 is 2.88 bits per heavy atom. The number of aliphatic hydroxyl groups is 1. The van der Waals surface area contributed by atoms with E-state index in [1.54, 1.807) is 4.90 Å². The van der Waals surface area contributed by atoms with Gasteiger partial charge in [-0.25, -0.2) is 4.39 Å². The highest BCUT2D eigenvalue weighted by atomic mass is 19.1. The van der Waals surface area contributed by atoms with Crippen LogP contribution in [0.15, 0.2) is 29.2 Å². The second-order valence-corrected chi connectivity index (χ2v) is 7.88. The topological polar surface area (TPSA) is 73.4 Å². The van der Waals surface area contributed by atoms with E-state index in [0.717, 1.165) is 6.42 Å². The number of para-hydroxylation sites is 1. The van der Waals surface area contributed by atoms with Crippen LogP contribution in [0.5, 0.6) is 0 Å². The van der Waals surface area contributed by atoms with E-state index in [0.29, 0.717) is 25.4 Å². The molecule has 0 radical (unpaired) electrons. The van der Waals surface area contributed by atoms with E-state index in [-0.39, 0.29) is 28.3 Å². The Balaban J connectivity index is 1.91. The van der Waals surface area contributed by atoms with Crippen LogP contribution in [0.1, 0.15) is 44.0 Å². The number of rotatable bonds is 3. The summed E-state index contributed by atoms with van der Waals surface area (Å²) in [4.78, 5) is 30.0. The Kier molecular flexibility index (Phi) is 4.88. The summed E-state index contributed by atoms with van der Waals surface area (Å²) in [5.41, 5.74) is -1.18. The molecule has 1 saturated heterocycles. The minimum Gasteiger partial charge on any atom is -0.390 e. The molecule has 2 heterocycles. The van der Waals surface area contributed by atoms with Gasteiger partial charge in [0.25, 0.3) is 5.91 Å². The van der Waals surface area contributed by atoms with Crippen LogP contribution >= 0.6 is 0 Å². The summed E-state index contributed by atoms with van der Waals surface area (Å²) in [5.74, 6) is -0.544. The fourth-order valence-electron chi connectivity index (χ4n) is 3.75. The van der Waals surface area contributed by atoms with Gasteiger partial charge in [-0.15, -0.1) is 0 Å². The third-order valence-corrected chi connectivity index (χ3v) is 5.35. The van der Waals surface area contributed by atoms with E-state index in [1.807, 2.05) is 6.92 Å². The molecule has 1 fully saturated rings. The molecule has 5 nitrogen and oxygen atoms in total. The van der Waals surface area contributed by atoms with Gasteiger partial charge in [-0.2, -0.15) is 0 Å². The molecule has 2 atom stereocenters. The van der Waals surface area contributed by atoms with E-state index in [1.165, 1.54) is 24.4 Å². The molecule has 0 bridgehead atoms. The standard InChI is InChI=1S/C20H25FN2O3/c1-12(2)9-13-11-23(8-7-20(13,3)26)19(25)15-10-22-17-14(18(15)24)5-4-6-16(17)21/h4-6,10,12-13,26H,7-9,11H2,1-3H3,(H,22,24)/t13-,20+/m1/s1. The minimum absolute atomic E-state index is 0.00735. The first-order chi connectivity index (χ1) is 12.2. The fraction of sp³-hybridized carbons (Fsp3) is 0.500. The number of pyridine rings is 1. The van der Waals surface area contributed by atoms with Gasteiger partial charge in [-0.05, 0) is 37.8 Å². The minimum atomic E-state index is -0.819. The molecule has 0 saturated carbocycles. The second kappa shape index (κ2) is 6.83. The zero-order valence-electron chi connectivity index (χ0n) is 15.4. The van der Waals surface area contributed by atoms with Crippen molar-refractivity contribution in [2.24, 2.45) is 11.8 Å². The highest BCUT2D eigenvalue weighted by Crippen LogP contribution is 2.32. The lowest BCUT2D eigenvalue weighted by Gasteiger charge is -2.43. The molecule has 140 valence electrons. The number of carbonyl (C=O) groups excluding carboxylic acids is 1. The van der Waals surface area contributed by atoms with Crippen LogP contribution in [0.2, 0.25) is 0 Å². The van der Waals surface area contributed by atoms with Gasteiger partial charge in [0, 0.05) is 30.6 Å². The Morgan fingerprint density at radius 2 is 2.19 bits per heavy atom. The van der Waals surface area contributed by atoms with E-state index in [2.05, 4.69) is 18.8 Å². The number of amides is 1. The zero-order valence-corrected chi connectivity index (χ0v) is 15.4. The van der Waals surface area contributed by atoms with Gasteiger partial charge < -0.3 is 15.0 Å².